The molecule has 10 nitrogen and oxygen atoms in total. The van der Waals surface area contributed by atoms with Crippen molar-refractivity contribution in [3.63, 3.8) is 0 Å². The van der Waals surface area contributed by atoms with Crippen molar-refractivity contribution in [2.45, 2.75) is 0 Å². The number of phenols is 1. The van der Waals surface area contributed by atoms with Crippen LogP contribution >= 0.6 is 11.6 Å². The van der Waals surface area contributed by atoms with Crippen molar-refractivity contribution in [3.05, 3.63) is 113 Å². The van der Waals surface area contributed by atoms with Gasteiger partial charge in [-0.05, 0) is 66.2 Å². The van der Waals surface area contributed by atoms with Crippen LogP contribution in [0.3, 0.4) is 0 Å². The number of carboxylic acid groups (broad SMARTS) is 1. The summed E-state index contributed by atoms with van der Waals surface area (Å²) in [6.07, 6.45) is 2.81. The predicted octanol–water partition coefficient (Wildman–Crippen LogP) is 4.52. The number of aliphatic carboxylic acids is 1. The summed E-state index contributed by atoms with van der Waals surface area (Å²) in [6, 6.07) is 23.2. The van der Waals surface area contributed by atoms with E-state index >= 15 is 0 Å². The fourth-order valence-corrected chi connectivity index (χ4v) is 3.92. The molecule has 0 aliphatic carbocycles. The third kappa shape index (κ3) is 7.74. The first kappa shape index (κ1) is 29.4. The number of benzene rings is 4. The van der Waals surface area contributed by atoms with Crippen molar-refractivity contribution < 1.29 is 34.1 Å². The van der Waals surface area contributed by atoms with Crippen molar-refractivity contribution in [1.82, 2.24) is 5.43 Å². The molecule has 0 saturated heterocycles. The Labute approximate surface area is 245 Å². The van der Waals surface area contributed by atoms with E-state index in [0.29, 0.717) is 45.2 Å². The normalized spacial score (nSPS) is 10.9. The molecule has 0 atom stereocenters. The number of aromatic hydroxyl groups is 1. The van der Waals surface area contributed by atoms with E-state index in [-0.39, 0.29) is 11.3 Å². The number of phenolic OH excluding ortho intramolecular Hbond substituents is 1. The number of ether oxygens (including phenoxy) is 2. The highest BCUT2D eigenvalue weighted by Gasteiger charge is 2.13. The van der Waals surface area contributed by atoms with Crippen LogP contribution in [0.1, 0.15) is 15.9 Å². The summed E-state index contributed by atoms with van der Waals surface area (Å²) < 4.78 is 11.4. The van der Waals surface area contributed by atoms with Crippen molar-refractivity contribution in [1.29, 1.82) is 0 Å². The highest BCUT2D eigenvalue weighted by molar-refractivity contribution is 6.30. The minimum Gasteiger partial charge on any atom is -0.545 e. The van der Waals surface area contributed by atoms with Crippen LogP contribution in [0, 0.1) is 0 Å². The molecule has 212 valence electrons. The maximum atomic E-state index is 12.6. The van der Waals surface area contributed by atoms with Crippen LogP contribution in [0.4, 0.5) is 5.69 Å². The second-order valence-corrected chi connectivity index (χ2v) is 9.02. The Balaban J connectivity index is 1.44. The van der Waals surface area contributed by atoms with Gasteiger partial charge in [0, 0.05) is 33.5 Å². The molecule has 0 fully saturated rings. The fraction of sp³-hybridized carbons (Fsp3) is 0.0323. The molecule has 0 unspecified atom stereocenters. The Morgan fingerprint density at radius 3 is 2.43 bits per heavy atom. The van der Waals surface area contributed by atoms with E-state index in [1.54, 1.807) is 54.6 Å². The van der Waals surface area contributed by atoms with Gasteiger partial charge >= 0.3 is 0 Å². The minimum absolute atomic E-state index is 0.0343. The highest BCUT2D eigenvalue weighted by Crippen LogP contribution is 2.34. The molecular formula is C31H23ClN3O7-. The Bertz CT molecular complexity index is 1680. The Morgan fingerprint density at radius 2 is 1.69 bits per heavy atom. The van der Waals surface area contributed by atoms with Crippen LogP contribution in [0.15, 0.2) is 102 Å². The van der Waals surface area contributed by atoms with Crippen molar-refractivity contribution in [3.8, 4) is 34.1 Å². The van der Waals surface area contributed by atoms with E-state index in [9.17, 15) is 24.6 Å². The SMILES string of the molecule is COc1cc(C(=O)N/N=C/c2cc(Cl)ccc2O)ccc1Oc1ccc(-c2ccccc2NC(=O)/C=C\C(=O)[O-])cc1. The molecule has 0 aliphatic rings. The number of nitrogens with zero attached hydrogens (tertiary/aromatic N) is 1. The van der Waals surface area contributed by atoms with E-state index in [2.05, 4.69) is 15.8 Å². The first-order valence-electron chi connectivity index (χ1n) is 12.3. The van der Waals surface area contributed by atoms with Crippen molar-refractivity contribution in [2.75, 3.05) is 12.4 Å². The van der Waals surface area contributed by atoms with Gasteiger partial charge in [0.1, 0.15) is 11.5 Å². The molecule has 11 heteroatoms. The monoisotopic (exact) mass is 584 g/mol. The van der Waals surface area contributed by atoms with E-state index in [1.165, 1.54) is 37.6 Å². The molecule has 0 saturated carbocycles. The van der Waals surface area contributed by atoms with Gasteiger partial charge in [-0.1, -0.05) is 41.9 Å². The molecule has 42 heavy (non-hydrogen) atoms. The number of rotatable bonds is 10. The molecule has 3 N–H and O–H groups in total. The zero-order valence-electron chi connectivity index (χ0n) is 22.0. The molecule has 4 aromatic carbocycles. The van der Waals surface area contributed by atoms with E-state index in [4.69, 9.17) is 21.1 Å². The predicted molar refractivity (Wildman–Crippen MR) is 156 cm³/mol. The van der Waals surface area contributed by atoms with Gasteiger partial charge in [-0.3, -0.25) is 9.59 Å². The third-order valence-corrected chi connectivity index (χ3v) is 5.97. The number of amides is 2. The van der Waals surface area contributed by atoms with Gasteiger partial charge in [-0.15, -0.1) is 0 Å². The van der Waals surface area contributed by atoms with Gasteiger partial charge in [-0.2, -0.15) is 5.10 Å². The zero-order chi connectivity index (χ0) is 30.1. The van der Waals surface area contributed by atoms with Gasteiger partial charge in [0.15, 0.2) is 11.5 Å². The zero-order valence-corrected chi connectivity index (χ0v) is 22.8. The summed E-state index contributed by atoms with van der Waals surface area (Å²) >= 11 is 5.92. The molecule has 0 aromatic heterocycles. The Hall–Kier alpha value is -5.61. The highest BCUT2D eigenvalue weighted by atomic mass is 35.5. The molecule has 4 rings (SSSR count). The summed E-state index contributed by atoms with van der Waals surface area (Å²) in [7, 11) is 1.44. The number of anilines is 1. The molecule has 0 spiro atoms. The molecule has 0 aliphatic heterocycles. The second-order valence-electron chi connectivity index (χ2n) is 8.58. The maximum Gasteiger partial charge on any atom is 0.271 e. The van der Waals surface area contributed by atoms with Crippen LogP contribution in [0.5, 0.6) is 23.0 Å². The molecule has 0 heterocycles. The number of nitrogens with one attached hydrogen (secondary N) is 2. The smallest absolute Gasteiger partial charge is 0.271 e. The van der Waals surface area contributed by atoms with Gasteiger partial charge in [-0.25, -0.2) is 5.43 Å². The molecule has 2 amide bonds. The van der Waals surface area contributed by atoms with Crippen LogP contribution in [0.25, 0.3) is 11.1 Å². The van der Waals surface area contributed by atoms with Crippen molar-refractivity contribution >= 4 is 41.3 Å². The average molecular weight is 585 g/mol. The Morgan fingerprint density at radius 1 is 0.929 bits per heavy atom. The number of halogens is 1. The standard InChI is InChI=1S/C31H24ClN3O7/c1-41-28-17-20(31(40)35-33-18-21-16-22(32)9-12-26(21)36)8-13-27(28)42-23-10-6-19(7-11-23)24-4-2-3-5-25(24)34-29(37)14-15-30(38)39/h2-18,36H,1H3,(H,34,37)(H,35,40)(H,38,39)/p-1/b15-14-,33-18+. The first-order chi connectivity index (χ1) is 20.2. The van der Waals surface area contributed by atoms with Crippen LogP contribution in [0.2, 0.25) is 5.02 Å². The average Bonchev–Trinajstić information content (AvgIpc) is 2.98. The van der Waals surface area contributed by atoms with Crippen LogP contribution < -0.4 is 25.3 Å². The number of methoxy groups -OCH3 is 1. The number of hydrazone groups is 1. The first-order valence-corrected chi connectivity index (χ1v) is 12.7. The third-order valence-electron chi connectivity index (χ3n) is 5.73. The minimum atomic E-state index is -1.47. The van der Waals surface area contributed by atoms with Crippen molar-refractivity contribution in [2.24, 2.45) is 5.10 Å². The second kappa shape index (κ2) is 13.6. The van der Waals surface area contributed by atoms with Crippen LogP contribution in [-0.2, 0) is 9.59 Å². The van der Waals surface area contributed by atoms with Gasteiger partial charge < -0.3 is 29.8 Å². The quantitative estimate of drug-likeness (QED) is 0.141. The molecule has 0 radical (unpaired) electrons. The molecular weight excluding hydrogens is 562 g/mol. The molecule has 0 bridgehead atoms. The van der Waals surface area contributed by atoms with Gasteiger partial charge in [0.25, 0.3) is 5.91 Å². The lowest BCUT2D eigenvalue weighted by atomic mass is 10.0. The fourth-order valence-electron chi connectivity index (χ4n) is 3.74. The lowest BCUT2D eigenvalue weighted by molar-refractivity contribution is -0.297. The summed E-state index contributed by atoms with van der Waals surface area (Å²) in [4.78, 5) is 35.2. The number of hydrogen-bond acceptors (Lipinski definition) is 8. The van der Waals surface area contributed by atoms with Gasteiger partial charge in [0.2, 0.25) is 5.91 Å². The van der Waals surface area contributed by atoms with Gasteiger partial charge in [0.05, 0.1) is 19.3 Å². The van der Waals surface area contributed by atoms with E-state index in [1.807, 2.05) is 6.07 Å². The number of carboxylic acids is 1. The summed E-state index contributed by atoms with van der Waals surface area (Å²) in [5.74, 6) is -1.47. The lowest BCUT2D eigenvalue weighted by Gasteiger charge is -2.13. The summed E-state index contributed by atoms with van der Waals surface area (Å²) in [6.45, 7) is 0. The number of hydrogen-bond donors (Lipinski definition) is 3. The number of carbonyl (C=O) groups excluding carboxylic acids is 3. The van der Waals surface area contributed by atoms with Crippen LogP contribution in [-0.4, -0.2) is 36.2 Å². The Kier molecular flexibility index (Phi) is 9.54. The van der Waals surface area contributed by atoms with E-state index in [0.717, 1.165) is 11.6 Å². The van der Waals surface area contributed by atoms with E-state index < -0.39 is 17.8 Å². The lowest BCUT2D eigenvalue weighted by Crippen LogP contribution is -2.20. The topological polar surface area (TPSA) is 149 Å². The molecule has 4 aromatic rings. The summed E-state index contributed by atoms with van der Waals surface area (Å²) in [5, 5.41) is 27.4. The maximum absolute atomic E-state index is 12.6. The summed E-state index contributed by atoms with van der Waals surface area (Å²) in [5.41, 5.74) is 4.96. The number of para-hydroxylation sites is 1. The largest absolute Gasteiger partial charge is 0.545 e. The number of carbonyl (C=O) groups is 3.